The van der Waals surface area contributed by atoms with Gasteiger partial charge in [0.25, 0.3) is 5.91 Å². The Balaban J connectivity index is 2.26. The Kier molecular flexibility index (Phi) is 7.45. The minimum atomic E-state index is -4.70. The van der Waals surface area contributed by atoms with Crippen LogP contribution >= 0.6 is 0 Å². The molecule has 2 rings (SSSR count). The number of rotatable bonds is 8. The van der Waals surface area contributed by atoms with E-state index in [1.807, 2.05) is 0 Å². The second-order valence-electron chi connectivity index (χ2n) is 6.96. The lowest BCUT2D eigenvalue weighted by Gasteiger charge is -2.28. The molecule has 2 N–H and O–H groups in total. The Morgan fingerprint density at radius 2 is 1.86 bits per heavy atom. The lowest BCUT2D eigenvalue weighted by Crippen LogP contribution is -2.53. The molecular formula is C19H25F3N2O5. The summed E-state index contributed by atoms with van der Waals surface area (Å²) in [4.78, 5) is 27.8. The molecule has 0 aromatic carbocycles. The van der Waals surface area contributed by atoms with E-state index in [9.17, 15) is 27.9 Å². The van der Waals surface area contributed by atoms with E-state index in [1.54, 1.807) is 13.8 Å². The van der Waals surface area contributed by atoms with E-state index in [0.717, 1.165) is 12.1 Å². The molecule has 1 saturated heterocycles. The van der Waals surface area contributed by atoms with E-state index in [4.69, 9.17) is 9.47 Å². The molecule has 10 heteroatoms. The molecule has 7 nitrogen and oxygen atoms in total. The van der Waals surface area contributed by atoms with Crippen molar-refractivity contribution in [3.05, 3.63) is 23.4 Å². The number of ether oxygens (including phenoxy) is 2. The molecule has 1 aliphatic heterocycles. The lowest BCUT2D eigenvalue weighted by molar-refractivity contribution is -0.144. The van der Waals surface area contributed by atoms with Crippen LogP contribution in [0.5, 0.6) is 5.88 Å². The number of aliphatic carboxylic acids is 1. The van der Waals surface area contributed by atoms with Crippen molar-refractivity contribution in [3.63, 3.8) is 0 Å². The number of carboxylic acid groups (broad SMARTS) is 1. The van der Waals surface area contributed by atoms with Crippen LogP contribution in [-0.2, 0) is 15.7 Å². The normalized spacial score (nSPS) is 15.8. The molecule has 0 radical (unpaired) electrons. The average Bonchev–Trinajstić information content (AvgIpc) is 2.70. The summed E-state index contributed by atoms with van der Waals surface area (Å²) in [7, 11) is 0. The second kappa shape index (κ2) is 9.43. The maximum atomic E-state index is 13.3. The van der Waals surface area contributed by atoms with E-state index in [0.29, 0.717) is 26.1 Å². The minimum absolute atomic E-state index is 0.0213. The third kappa shape index (κ3) is 5.59. The van der Waals surface area contributed by atoms with Gasteiger partial charge in [-0.05, 0) is 43.7 Å². The largest absolute Gasteiger partial charge is 0.480 e. The molecule has 1 aromatic rings. The molecule has 0 saturated carbocycles. The molecule has 1 aromatic heterocycles. The zero-order chi connectivity index (χ0) is 21.7. The van der Waals surface area contributed by atoms with Gasteiger partial charge in [0.2, 0.25) is 5.88 Å². The Bertz CT molecular complexity index is 729. The van der Waals surface area contributed by atoms with Crippen molar-refractivity contribution in [3.8, 4) is 5.88 Å². The number of nitrogens with zero attached hydrogens (tertiary/aromatic N) is 1. The number of amides is 1. The van der Waals surface area contributed by atoms with Crippen molar-refractivity contribution in [1.29, 1.82) is 0 Å². The third-order valence-corrected chi connectivity index (χ3v) is 5.16. The predicted octanol–water partition coefficient (Wildman–Crippen LogP) is 3.28. The number of aromatic nitrogens is 1. The number of hydrogen-bond donors (Lipinski definition) is 2. The zero-order valence-corrected chi connectivity index (χ0v) is 16.3. The molecule has 162 valence electrons. The summed E-state index contributed by atoms with van der Waals surface area (Å²) in [6.45, 7) is 4.25. The van der Waals surface area contributed by atoms with Gasteiger partial charge >= 0.3 is 12.1 Å². The zero-order valence-electron chi connectivity index (χ0n) is 16.3. The fraction of sp³-hybridized carbons (Fsp3) is 0.632. The van der Waals surface area contributed by atoms with Gasteiger partial charge in [-0.25, -0.2) is 9.78 Å². The van der Waals surface area contributed by atoms with E-state index in [2.05, 4.69) is 10.3 Å². The highest BCUT2D eigenvalue weighted by molar-refractivity contribution is 5.96. The smallest absolute Gasteiger partial charge is 0.421 e. The highest BCUT2D eigenvalue weighted by Gasteiger charge is 2.39. The van der Waals surface area contributed by atoms with Gasteiger partial charge in [-0.15, -0.1) is 0 Å². The number of carbonyl (C=O) groups excluding carboxylic acids is 1. The summed E-state index contributed by atoms with van der Waals surface area (Å²) in [5.41, 5.74) is -2.95. The Hall–Kier alpha value is -2.36. The average molecular weight is 418 g/mol. The summed E-state index contributed by atoms with van der Waals surface area (Å²) >= 11 is 0. The first-order chi connectivity index (χ1) is 13.6. The maximum Gasteiger partial charge on any atom is 0.421 e. The Morgan fingerprint density at radius 3 is 2.38 bits per heavy atom. The Labute approximate surface area is 166 Å². The number of carboxylic acids is 1. The van der Waals surface area contributed by atoms with Gasteiger partial charge in [-0.1, -0.05) is 13.8 Å². The fourth-order valence-corrected chi connectivity index (χ4v) is 3.07. The SMILES string of the molecule is CCC(CC)(NC(=O)c1ccc(C(F)(F)F)c(OCC2CCOCC2)n1)C(=O)O. The molecule has 0 bridgehead atoms. The standard InChI is InChI=1S/C19H25F3N2O5/c1-3-18(4-2,17(26)27)24-15(25)14-6-5-13(19(20,21)22)16(23-14)29-11-12-7-9-28-10-8-12/h5-6,12H,3-4,7-11H2,1-2H3,(H,24,25)(H,26,27). The van der Waals surface area contributed by atoms with Crippen LogP contribution in [-0.4, -0.2) is 47.3 Å². The topological polar surface area (TPSA) is 97.8 Å². The number of carbonyl (C=O) groups is 2. The summed E-state index contributed by atoms with van der Waals surface area (Å²) in [6.07, 6.45) is -3.16. The van der Waals surface area contributed by atoms with Crippen molar-refractivity contribution < 1.29 is 37.3 Å². The van der Waals surface area contributed by atoms with E-state index in [1.165, 1.54) is 0 Å². The van der Waals surface area contributed by atoms with Gasteiger partial charge in [-0.3, -0.25) is 4.79 Å². The van der Waals surface area contributed by atoms with Crippen LogP contribution in [0, 0.1) is 5.92 Å². The second-order valence-corrected chi connectivity index (χ2v) is 6.96. The minimum Gasteiger partial charge on any atom is -0.480 e. The van der Waals surface area contributed by atoms with Crippen molar-refractivity contribution in [2.75, 3.05) is 19.8 Å². The maximum absolute atomic E-state index is 13.3. The van der Waals surface area contributed by atoms with Gasteiger partial charge in [0.15, 0.2) is 0 Å². The highest BCUT2D eigenvalue weighted by Crippen LogP contribution is 2.35. The van der Waals surface area contributed by atoms with Gasteiger partial charge in [0, 0.05) is 13.2 Å². The van der Waals surface area contributed by atoms with Crippen molar-refractivity contribution in [2.45, 2.75) is 51.2 Å². The molecule has 2 heterocycles. The third-order valence-electron chi connectivity index (χ3n) is 5.16. The van der Waals surface area contributed by atoms with E-state index in [-0.39, 0.29) is 31.1 Å². The van der Waals surface area contributed by atoms with Crippen molar-refractivity contribution in [1.82, 2.24) is 10.3 Å². The van der Waals surface area contributed by atoms with Gasteiger partial charge in [0.05, 0.1) is 6.61 Å². The lowest BCUT2D eigenvalue weighted by atomic mass is 9.92. The highest BCUT2D eigenvalue weighted by atomic mass is 19.4. The number of nitrogens with one attached hydrogen (secondary N) is 1. The molecule has 1 fully saturated rings. The monoisotopic (exact) mass is 418 g/mol. The summed E-state index contributed by atoms with van der Waals surface area (Å²) in [6, 6.07) is 1.64. The number of alkyl halides is 3. The number of halogens is 3. The first-order valence-corrected chi connectivity index (χ1v) is 9.47. The molecule has 0 aliphatic carbocycles. The fourth-order valence-electron chi connectivity index (χ4n) is 3.07. The molecule has 0 atom stereocenters. The van der Waals surface area contributed by atoms with Crippen LogP contribution < -0.4 is 10.1 Å². The molecule has 0 unspecified atom stereocenters. The van der Waals surface area contributed by atoms with Crippen LogP contribution in [0.25, 0.3) is 0 Å². The van der Waals surface area contributed by atoms with Crippen LogP contribution in [0.3, 0.4) is 0 Å². The molecule has 29 heavy (non-hydrogen) atoms. The predicted molar refractivity (Wildman–Crippen MR) is 96.7 cm³/mol. The van der Waals surface area contributed by atoms with Crippen molar-refractivity contribution >= 4 is 11.9 Å². The van der Waals surface area contributed by atoms with Gasteiger partial charge in [-0.2, -0.15) is 13.2 Å². The van der Waals surface area contributed by atoms with E-state index < -0.39 is 35.0 Å². The summed E-state index contributed by atoms with van der Waals surface area (Å²) in [5, 5.41) is 11.8. The van der Waals surface area contributed by atoms with E-state index >= 15 is 0 Å². The first kappa shape index (κ1) is 22.9. The van der Waals surface area contributed by atoms with Crippen LogP contribution in [0.4, 0.5) is 13.2 Å². The quantitative estimate of drug-likeness (QED) is 0.673. The molecule has 0 spiro atoms. The first-order valence-electron chi connectivity index (χ1n) is 9.47. The molecule has 1 amide bonds. The summed E-state index contributed by atoms with van der Waals surface area (Å²) in [5.74, 6) is -2.76. The van der Waals surface area contributed by atoms with Gasteiger partial charge < -0.3 is 19.9 Å². The van der Waals surface area contributed by atoms with Crippen LogP contribution in [0.2, 0.25) is 0 Å². The van der Waals surface area contributed by atoms with Gasteiger partial charge in [0.1, 0.15) is 16.8 Å². The molecule has 1 aliphatic rings. The van der Waals surface area contributed by atoms with Crippen LogP contribution in [0.1, 0.15) is 55.6 Å². The van der Waals surface area contributed by atoms with Crippen molar-refractivity contribution in [2.24, 2.45) is 5.92 Å². The number of hydrogen-bond acceptors (Lipinski definition) is 5. The van der Waals surface area contributed by atoms with Crippen LogP contribution in [0.15, 0.2) is 12.1 Å². The Morgan fingerprint density at radius 1 is 1.24 bits per heavy atom. The summed E-state index contributed by atoms with van der Waals surface area (Å²) < 4.78 is 50.5. The molecular weight excluding hydrogens is 393 g/mol. The number of pyridine rings is 1.